The van der Waals surface area contributed by atoms with E-state index >= 15 is 0 Å². The second-order valence-corrected chi connectivity index (χ2v) is 11.8. The Balaban J connectivity index is 1.84. The zero-order valence-electron chi connectivity index (χ0n) is 14.9. The summed E-state index contributed by atoms with van der Waals surface area (Å²) in [6.07, 6.45) is 16.6. The molecule has 3 rings (SSSR count). The van der Waals surface area contributed by atoms with E-state index in [1.165, 1.54) is 116 Å². The van der Waals surface area contributed by atoms with Gasteiger partial charge in [-0.1, -0.05) is 38.5 Å². The van der Waals surface area contributed by atoms with Gasteiger partial charge in [0.25, 0.3) is 0 Å². The van der Waals surface area contributed by atoms with Gasteiger partial charge in [0.05, 0.1) is 0 Å². The van der Waals surface area contributed by atoms with Crippen molar-refractivity contribution in [3.8, 4) is 0 Å². The van der Waals surface area contributed by atoms with Crippen LogP contribution in [-0.2, 0) is 11.8 Å². The normalized spacial score (nSPS) is 28.0. The van der Waals surface area contributed by atoms with Gasteiger partial charge in [-0.3, -0.25) is 14.0 Å². The quantitative estimate of drug-likeness (QED) is 0.668. The van der Waals surface area contributed by atoms with Gasteiger partial charge in [0.2, 0.25) is 0 Å². The van der Waals surface area contributed by atoms with Crippen LogP contribution < -0.4 is 0 Å². The Labute approximate surface area is 148 Å². The summed E-state index contributed by atoms with van der Waals surface area (Å²) in [5, 5.41) is 0. The lowest BCUT2D eigenvalue weighted by atomic mass is 10.2. The number of hydrogen-bond donors (Lipinski definition) is 0. The van der Waals surface area contributed by atoms with E-state index in [9.17, 15) is 0 Å². The summed E-state index contributed by atoms with van der Waals surface area (Å²) in [6.45, 7) is 5.83. The minimum Gasteiger partial charge on any atom is -0.252 e. The third kappa shape index (κ3) is 4.58. The molecule has 3 heterocycles. The molecule has 0 atom stereocenters. The fourth-order valence-electron chi connectivity index (χ4n) is 4.48. The van der Waals surface area contributed by atoms with Crippen molar-refractivity contribution in [2.24, 2.45) is 0 Å². The van der Waals surface area contributed by atoms with Gasteiger partial charge in [0, 0.05) is 39.3 Å². The fraction of sp³-hybridized carbons (Fsp3) is 1.00. The predicted molar refractivity (Wildman–Crippen MR) is 104 cm³/mol. The van der Waals surface area contributed by atoms with Crippen LogP contribution in [0.25, 0.3) is 0 Å². The smallest absolute Gasteiger partial charge is 0.145 e. The van der Waals surface area contributed by atoms with Crippen LogP contribution in [0, 0.1) is 0 Å². The monoisotopic (exact) mass is 357 g/mol. The Morgan fingerprint density at radius 2 is 0.609 bits per heavy atom. The van der Waals surface area contributed by atoms with Crippen LogP contribution in [0.4, 0.5) is 0 Å². The summed E-state index contributed by atoms with van der Waals surface area (Å²) >= 11 is 6.63. The average Bonchev–Trinajstić information content (AvgIpc) is 3.10. The molecule has 3 nitrogen and oxygen atoms in total. The molecule has 3 saturated heterocycles. The summed E-state index contributed by atoms with van der Waals surface area (Å²) in [5.74, 6) is 0. The van der Waals surface area contributed by atoms with Crippen molar-refractivity contribution in [3.63, 3.8) is 0 Å². The average molecular weight is 358 g/mol. The molecule has 3 aliphatic heterocycles. The van der Waals surface area contributed by atoms with Gasteiger partial charge in [-0.25, -0.2) is 0 Å². The van der Waals surface area contributed by atoms with Crippen molar-refractivity contribution in [1.29, 1.82) is 0 Å². The second kappa shape index (κ2) is 9.29. The highest BCUT2D eigenvalue weighted by Gasteiger charge is 2.38. The number of nitrogens with zero attached hydrogens (tertiary/aromatic N) is 3. The van der Waals surface area contributed by atoms with Crippen LogP contribution in [0.1, 0.15) is 77.0 Å². The molecule has 134 valence electrons. The molecule has 0 spiro atoms. The molecule has 0 saturated carbocycles. The Morgan fingerprint density at radius 3 is 0.826 bits per heavy atom. The Bertz CT molecular complexity index is 323. The van der Waals surface area contributed by atoms with Gasteiger partial charge in [-0.2, -0.15) is 0 Å². The number of hydrogen-bond acceptors (Lipinski definition) is 1. The van der Waals surface area contributed by atoms with Crippen LogP contribution in [0.5, 0.6) is 0 Å². The van der Waals surface area contributed by atoms with Gasteiger partial charge in [-0.05, 0) is 50.3 Å². The van der Waals surface area contributed by atoms with Gasteiger partial charge < -0.3 is 0 Å². The third-order valence-corrected chi connectivity index (χ3v) is 11.3. The molecular weight excluding hydrogens is 321 g/mol. The Kier molecular flexibility index (Phi) is 7.40. The lowest BCUT2D eigenvalue weighted by Gasteiger charge is -2.48. The molecular formula is C18H36N3PS. The third-order valence-electron chi connectivity index (χ3n) is 5.85. The first-order valence-electron chi connectivity index (χ1n) is 10.2. The highest BCUT2D eigenvalue weighted by atomic mass is 32.4. The van der Waals surface area contributed by atoms with E-state index in [4.69, 9.17) is 11.8 Å². The summed E-state index contributed by atoms with van der Waals surface area (Å²) < 4.78 is 8.39. The van der Waals surface area contributed by atoms with Crippen molar-refractivity contribution < 1.29 is 0 Å². The first-order valence-corrected chi connectivity index (χ1v) is 12.8. The van der Waals surface area contributed by atoms with Gasteiger partial charge >= 0.3 is 0 Å². The first kappa shape index (κ1) is 18.3. The molecule has 0 aromatic rings. The van der Waals surface area contributed by atoms with Crippen molar-refractivity contribution >= 4 is 18.3 Å². The predicted octanol–water partition coefficient (Wildman–Crippen LogP) is 4.84. The zero-order valence-corrected chi connectivity index (χ0v) is 16.6. The lowest BCUT2D eigenvalue weighted by Crippen LogP contribution is -2.42. The molecule has 3 fully saturated rings. The van der Waals surface area contributed by atoms with E-state index in [-0.39, 0.29) is 0 Å². The SMILES string of the molecule is S=P(N1CCCCCC1)(N1CCCCCC1)N1CCCCCC1. The second-order valence-electron chi connectivity index (χ2n) is 7.62. The van der Waals surface area contributed by atoms with Crippen LogP contribution in [0.2, 0.25) is 0 Å². The van der Waals surface area contributed by atoms with Gasteiger partial charge in [0.15, 0.2) is 0 Å². The lowest BCUT2D eigenvalue weighted by molar-refractivity contribution is 0.324. The molecule has 0 unspecified atom stereocenters. The maximum absolute atomic E-state index is 6.63. The van der Waals surface area contributed by atoms with E-state index in [2.05, 4.69) is 14.0 Å². The maximum Gasteiger partial charge on any atom is 0.145 e. The summed E-state index contributed by atoms with van der Waals surface area (Å²) in [6, 6.07) is 0. The molecule has 0 aliphatic carbocycles. The zero-order chi connectivity index (χ0) is 16.0. The largest absolute Gasteiger partial charge is 0.252 e. The molecule has 0 aromatic carbocycles. The van der Waals surface area contributed by atoms with Crippen molar-refractivity contribution in [3.05, 3.63) is 0 Å². The van der Waals surface area contributed by atoms with Gasteiger partial charge in [-0.15, -0.1) is 0 Å². The minimum absolute atomic E-state index is 1.25. The van der Waals surface area contributed by atoms with Crippen molar-refractivity contribution in [1.82, 2.24) is 14.0 Å². The Hall–Kier alpha value is 0.530. The van der Waals surface area contributed by atoms with E-state index in [1.807, 2.05) is 0 Å². The molecule has 0 bridgehead atoms. The van der Waals surface area contributed by atoms with Crippen LogP contribution >= 0.6 is 6.49 Å². The van der Waals surface area contributed by atoms with E-state index in [0.717, 1.165) is 0 Å². The van der Waals surface area contributed by atoms with Crippen LogP contribution in [0.3, 0.4) is 0 Å². The molecule has 0 radical (unpaired) electrons. The molecule has 0 aromatic heterocycles. The van der Waals surface area contributed by atoms with E-state index < -0.39 is 6.49 Å². The highest BCUT2D eigenvalue weighted by Crippen LogP contribution is 2.58. The molecule has 3 aliphatic rings. The summed E-state index contributed by atoms with van der Waals surface area (Å²) in [7, 11) is 0. The number of rotatable bonds is 3. The van der Waals surface area contributed by atoms with Crippen molar-refractivity contribution in [2.45, 2.75) is 77.0 Å². The molecule has 0 amide bonds. The topological polar surface area (TPSA) is 9.72 Å². The van der Waals surface area contributed by atoms with Crippen LogP contribution in [0.15, 0.2) is 0 Å². The molecule has 23 heavy (non-hydrogen) atoms. The maximum atomic E-state index is 6.63. The van der Waals surface area contributed by atoms with Crippen molar-refractivity contribution in [2.75, 3.05) is 39.3 Å². The first-order chi connectivity index (χ1) is 11.3. The molecule has 5 heteroatoms. The summed E-state index contributed by atoms with van der Waals surface area (Å²) in [4.78, 5) is 0. The van der Waals surface area contributed by atoms with E-state index in [0.29, 0.717) is 0 Å². The van der Waals surface area contributed by atoms with Crippen LogP contribution in [-0.4, -0.2) is 53.3 Å². The van der Waals surface area contributed by atoms with E-state index in [1.54, 1.807) is 0 Å². The summed E-state index contributed by atoms with van der Waals surface area (Å²) in [5.41, 5.74) is 0. The Morgan fingerprint density at radius 1 is 0.391 bits per heavy atom. The standard InChI is InChI=1S/C18H36N3PS/c23-22(19-13-7-1-2-8-14-19,20-15-9-3-4-10-16-20)21-17-11-5-6-12-18-21/h1-18H2. The minimum atomic E-state index is -1.70. The van der Waals surface area contributed by atoms with Gasteiger partial charge in [0.1, 0.15) is 6.49 Å². The molecule has 0 N–H and O–H groups in total. The fourth-order valence-corrected chi connectivity index (χ4v) is 9.43. The highest BCUT2D eigenvalue weighted by molar-refractivity contribution is 8.11.